The van der Waals surface area contributed by atoms with E-state index >= 15 is 0 Å². The van der Waals surface area contributed by atoms with Crippen LogP contribution < -0.4 is 0 Å². The molecular formula is C26H25N. The second kappa shape index (κ2) is 5.60. The molecule has 5 rings (SSSR count). The van der Waals surface area contributed by atoms with E-state index in [0.29, 0.717) is 0 Å². The normalized spacial score (nSPS) is 14.0. The first-order valence-electron chi connectivity index (χ1n) is 9.76. The summed E-state index contributed by atoms with van der Waals surface area (Å²) in [7, 11) is 0. The maximum atomic E-state index is 3.69. The number of pyridine rings is 1. The summed E-state index contributed by atoms with van der Waals surface area (Å²) in [6.45, 7) is 9.25. The first-order chi connectivity index (χ1) is 12.9. The number of aromatic amines is 1. The zero-order valence-corrected chi connectivity index (χ0v) is 16.5. The number of aromatic nitrogens is 1. The molecule has 1 heteroatoms. The van der Waals surface area contributed by atoms with Gasteiger partial charge in [-0.25, -0.2) is 0 Å². The molecule has 0 saturated carbocycles. The van der Waals surface area contributed by atoms with Crippen LogP contribution >= 0.6 is 0 Å². The van der Waals surface area contributed by atoms with Crippen molar-refractivity contribution in [3.63, 3.8) is 0 Å². The van der Waals surface area contributed by atoms with E-state index in [1.807, 2.05) is 0 Å². The van der Waals surface area contributed by atoms with Gasteiger partial charge in [-0.1, -0.05) is 68.0 Å². The predicted molar refractivity (Wildman–Crippen MR) is 116 cm³/mol. The standard InChI is InChI=1S/C26H25N/c1-16-12-17(2)25-22(15-20-10-7-11-23(20)27-25)24(16)26(3,4)21-13-18-8-5-6-9-19(18)14-21/h5-13,15,27H,14H2,1-4H3. The van der Waals surface area contributed by atoms with Gasteiger partial charge < -0.3 is 4.98 Å². The van der Waals surface area contributed by atoms with Crippen molar-refractivity contribution in [1.29, 1.82) is 0 Å². The highest BCUT2D eigenvalue weighted by atomic mass is 14.7. The molecule has 2 aromatic rings. The highest BCUT2D eigenvalue weighted by molar-refractivity contribution is 5.93. The zero-order valence-electron chi connectivity index (χ0n) is 16.5. The quantitative estimate of drug-likeness (QED) is 0.408. The van der Waals surface area contributed by atoms with Crippen molar-refractivity contribution < 1.29 is 0 Å². The van der Waals surface area contributed by atoms with Crippen LogP contribution in [0.4, 0.5) is 0 Å². The monoisotopic (exact) mass is 351 g/mol. The molecule has 1 heterocycles. The Morgan fingerprint density at radius 2 is 1.70 bits per heavy atom. The summed E-state index contributed by atoms with van der Waals surface area (Å²) in [6, 6.07) is 20.0. The van der Waals surface area contributed by atoms with E-state index in [-0.39, 0.29) is 5.41 Å². The molecule has 0 unspecified atom stereocenters. The molecule has 0 saturated heterocycles. The summed E-state index contributed by atoms with van der Waals surface area (Å²) in [5, 5.41) is 1.35. The van der Waals surface area contributed by atoms with Crippen LogP contribution in [0.2, 0.25) is 0 Å². The molecule has 0 spiro atoms. The second-order valence-corrected chi connectivity index (χ2v) is 8.51. The molecule has 0 amide bonds. The van der Waals surface area contributed by atoms with Crippen molar-refractivity contribution in [2.24, 2.45) is 0 Å². The number of aryl methyl sites for hydroxylation is 2. The van der Waals surface area contributed by atoms with Gasteiger partial charge in [-0.05, 0) is 65.8 Å². The summed E-state index contributed by atoms with van der Waals surface area (Å²) in [5.41, 5.74) is 12.2. The number of hydrogen-bond donors (Lipinski definition) is 1. The van der Waals surface area contributed by atoms with Crippen LogP contribution in [0.3, 0.4) is 0 Å². The fraction of sp³-hybridized carbons (Fsp3) is 0.231. The number of rotatable bonds is 2. The Labute approximate surface area is 161 Å². The lowest BCUT2D eigenvalue weighted by molar-refractivity contribution is 0.616. The molecule has 1 N–H and O–H groups in total. The fourth-order valence-electron chi connectivity index (χ4n) is 4.96. The highest BCUT2D eigenvalue weighted by Crippen LogP contribution is 2.44. The van der Waals surface area contributed by atoms with E-state index in [0.717, 1.165) is 6.42 Å². The number of benzene rings is 2. The first kappa shape index (κ1) is 16.4. The minimum Gasteiger partial charge on any atom is -0.354 e. The minimum atomic E-state index is -0.0246. The molecule has 0 bridgehead atoms. The van der Waals surface area contributed by atoms with Gasteiger partial charge in [0, 0.05) is 22.0 Å². The van der Waals surface area contributed by atoms with Crippen LogP contribution in [0, 0.1) is 13.8 Å². The highest BCUT2D eigenvalue weighted by Gasteiger charge is 2.32. The Morgan fingerprint density at radius 3 is 2.52 bits per heavy atom. The minimum absolute atomic E-state index is 0.0246. The maximum Gasteiger partial charge on any atom is 0.0491 e. The third kappa shape index (κ3) is 2.38. The molecule has 0 aromatic heterocycles. The molecule has 2 aliphatic carbocycles. The lowest BCUT2D eigenvalue weighted by atomic mass is 9.73. The van der Waals surface area contributed by atoms with Crippen molar-refractivity contribution in [1.82, 2.24) is 4.98 Å². The van der Waals surface area contributed by atoms with E-state index < -0.39 is 0 Å². The Morgan fingerprint density at radius 1 is 0.889 bits per heavy atom. The molecule has 134 valence electrons. The first-order valence-corrected chi connectivity index (χ1v) is 9.76. The Kier molecular flexibility index (Phi) is 3.40. The molecule has 27 heavy (non-hydrogen) atoms. The van der Waals surface area contributed by atoms with Crippen LogP contribution in [0.15, 0.2) is 60.2 Å². The van der Waals surface area contributed by atoms with Gasteiger partial charge in [-0.15, -0.1) is 0 Å². The van der Waals surface area contributed by atoms with Crippen LogP contribution in [0.5, 0.6) is 0 Å². The van der Waals surface area contributed by atoms with E-state index in [1.54, 1.807) is 0 Å². The third-order valence-electron chi connectivity index (χ3n) is 6.36. The third-order valence-corrected chi connectivity index (χ3v) is 6.36. The van der Waals surface area contributed by atoms with Crippen molar-refractivity contribution in [3.8, 4) is 11.3 Å². The fourth-order valence-corrected chi connectivity index (χ4v) is 4.96. The van der Waals surface area contributed by atoms with Crippen molar-refractivity contribution in [2.45, 2.75) is 39.5 Å². The molecule has 1 aliphatic heterocycles. The molecule has 2 aromatic carbocycles. The number of fused-ring (bicyclic) bond motifs is 3. The summed E-state index contributed by atoms with van der Waals surface area (Å²) in [6.07, 6.45) is 3.45. The summed E-state index contributed by atoms with van der Waals surface area (Å²) >= 11 is 0. The van der Waals surface area contributed by atoms with Crippen LogP contribution in [0.25, 0.3) is 28.2 Å². The second-order valence-electron chi connectivity index (χ2n) is 8.51. The summed E-state index contributed by atoms with van der Waals surface area (Å²) in [4.78, 5) is 3.69. The SMILES string of the molecule is Cc1cc(C)c2[nH]c3cccc-3cc2c1C(C)(C)C1=Cc2ccccc2C1. The lowest BCUT2D eigenvalue weighted by Crippen LogP contribution is -2.22. The van der Waals surface area contributed by atoms with Crippen molar-refractivity contribution >= 4 is 17.0 Å². The van der Waals surface area contributed by atoms with Gasteiger partial charge in [-0.2, -0.15) is 0 Å². The molecular weight excluding hydrogens is 326 g/mol. The van der Waals surface area contributed by atoms with E-state index in [2.05, 4.69) is 93.4 Å². The van der Waals surface area contributed by atoms with Crippen molar-refractivity contribution in [3.05, 3.63) is 88.0 Å². The Balaban J connectivity index is 1.76. The van der Waals surface area contributed by atoms with Crippen molar-refractivity contribution in [2.75, 3.05) is 0 Å². The number of nitrogens with one attached hydrogen (secondary N) is 1. The number of allylic oxidation sites excluding steroid dienone is 1. The predicted octanol–water partition coefficient (Wildman–Crippen LogP) is 6.81. The smallest absolute Gasteiger partial charge is 0.0491 e. The molecule has 3 aliphatic rings. The maximum absolute atomic E-state index is 3.69. The van der Waals surface area contributed by atoms with Gasteiger partial charge in [-0.3, -0.25) is 0 Å². The number of H-pyrrole nitrogens is 1. The van der Waals surface area contributed by atoms with Gasteiger partial charge in [0.1, 0.15) is 0 Å². The van der Waals surface area contributed by atoms with Crippen LogP contribution in [-0.4, -0.2) is 4.98 Å². The average molecular weight is 351 g/mol. The Hall–Kier alpha value is -2.80. The molecule has 0 radical (unpaired) electrons. The number of hydrogen-bond acceptors (Lipinski definition) is 0. The van der Waals surface area contributed by atoms with Gasteiger partial charge in [0.15, 0.2) is 0 Å². The molecule has 0 atom stereocenters. The van der Waals surface area contributed by atoms with Crippen LogP contribution in [0.1, 0.15) is 41.7 Å². The molecule has 1 nitrogen and oxygen atoms in total. The largest absolute Gasteiger partial charge is 0.354 e. The van der Waals surface area contributed by atoms with Crippen LogP contribution in [-0.2, 0) is 11.8 Å². The van der Waals surface area contributed by atoms with Gasteiger partial charge >= 0.3 is 0 Å². The Bertz CT molecular complexity index is 1190. The summed E-state index contributed by atoms with van der Waals surface area (Å²) in [5.74, 6) is 0. The topological polar surface area (TPSA) is 15.8 Å². The lowest BCUT2D eigenvalue weighted by Gasteiger charge is -2.31. The van der Waals surface area contributed by atoms with Gasteiger partial charge in [0.2, 0.25) is 0 Å². The van der Waals surface area contributed by atoms with Gasteiger partial charge in [0.05, 0.1) is 0 Å². The van der Waals surface area contributed by atoms with E-state index in [4.69, 9.17) is 0 Å². The van der Waals surface area contributed by atoms with E-state index in [1.165, 1.54) is 55.6 Å². The molecule has 0 fully saturated rings. The zero-order chi connectivity index (χ0) is 18.8. The summed E-state index contributed by atoms with van der Waals surface area (Å²) < 4.78 is 0. The average Bonchev–Trinajstić information content (AvgIpc) is 3.26. The van der Waals surface area contributed by atoms with Gasteiger partial charge in [0.25, 0.3) is 0 Å². The van der Waals surface area contributed by atoms with E-state index in [9.17, 15) is 0 Å².